The summed E-state index contributed by atoms with van der Waals surface area (Å²) in [5.74, 6) is 0.269. The molecule has 0 amide bonds. The van der Waals surface area contributed by atoms with Crippen LogP contribution in [-0.2, 0) is 20.0 Å². The molecule has 0 spiro atoms. The molecule has 0 radical (unpaired) electrons. The average Bonchev–Trinajstić information content (AvgIpc) is 2.23. The second-order valence-corrected chi connectivity index (χ2v) is 8.89. The molecule has 0 aliphatic carbocycles. The number of benzene rings is 1. The van der Waals surface area contributed by atoms with Crippen molar-refractivity contribution in [3.63, 3.8) is 0 Å². The van der Waals surface area contributed by atoms with E-state index in [0.717, 1.165) is 6.07 Å². The Morgan fingerprint density at radius 3 is 2.52 bits per heavy atom. The van der Waals surface area contributed by atoms with Crippen molar-refractivity contribution in [2.24, 2.45) is 11.1 Å². The number of primary sulfonamides is 1. The minimum atomic E-state index is -4.10. The van der Waals surface area contributed by atoms with Crippen LogP contribution >= 0.6 is 11.6 Å². The molecule has 0 aromatic heterocycles. The van der Waals surface area contributed by atoms with Crippen molar-refractivity contribution in [3.05, 3.63) is 17.2 Å². The van der Waals surface area contributed by atoms with Crippen molar-refractivity contribution in [1.82, 2.24) is 4.72 Å². The van der Waals surface area contributed by atoms with Gasteiger partial charge < -0.3 is 5.32 Å². The molecule has 0 bridgehead atoms. The number of rotatable bonds is 3. The van der Waals surface area contributed by atoms with E-state index in [9.17, 15) is 16.8 Å². The van der Waals surface area contributed by atoms with Crippen molar-refractivity contribution in [2.75, 3.05) is 5.32 Å². The standard InChI is InChI=1S/C11H16ClN3O4S2/c1-6(2)3-11-14-8-4-7(12)9(20(13,16)17)5-10(8)21(18,19)15-11/h4-6,11,14-15H,3H2,1-2H3,(H2,13,16,17). The number of fused-ring (bicyclic) bond motifs is 1. The first-order chi connectivity index (χ1) is 9.50. The normalized spacial score (nSPS) is 20.9. The number of nitrogens with one attached hydrogen (secondary N) is 2. The lowest BCUT2D eigenvalue weighted by Gasteiger charge is -2.29. The zero-order valence-electron chi connectivity index (χ0n) is 11.4. The van der Waals surface area contributed by atoms with Crippen molar-refractivity contribution < 1.29 is 16.8 Å². The fraction of sp³-hybridized carbons (Fsp3) is 0.455. The molecule has 7 nitrogen and oxygen atoms in total. The Hall–Kier alpha value is -0.870. The van der Waals surface area contributed by atoms with Crippen molar-refractivity contribution >= 4 is 37.3 Å². The van der Waals surface area contributed by atoms with Gasteiger partial charge in [0.05, 0.1) is 16.9 Å². The third-order valence-electron chi connectivity index (χ3n) is 2.96. The van der Waals surface area contributed by atoms with E-state index in [1.54, 1.807) is 0 Å². The minimum absolute atomic E-state index is 0.121. The van der Waals surface area contributed by atoms with Gasteiger partial charge in [0.15, 0.2) is 0 Å². The summed E-state index contributed by atoms with van der Waals surface area (Å²) < 4.78 is 49.7. The quantitative estimate of drug-likeness (QED) is 0.750. The summed E-state index contributed by atoms with van der Waals surface area (Å²) in [6, 6.07) is 2.23. The van der Waals surface area contributed by atoms with Gasteiger partial charge in [0.1, 0.15) is 9.79 Å². The summed E-state index contributed by atoms with van der Waals surface area (Å²) in [7, 11) is -7.93. The molecule has 118 valence electrons. The Morgan fingerprint density at radius 2 is 2.00 bits per heavy atom. The third-order valence-corrected chi connectivity index (χ3v) is 5.85. The summed E-state index contributed by atoms with van der Waals surface area (Å²) in [4.78, 5) is -0.603. The molecule has 1 atom stereocenters. The van der Waals surface area contributed by atoms with Gasteiger partial charge in [-0.15, -0.1) is 0 Å². The van der Waals surface area contributed by atoms with Crippen LogP contribution in [0.1, 0.15) is 20.3 Å². The lowest BCUT2D eigenvalue weighted by Crippen LogP contribution is -2.45. The Kier molecular flexibility index (Phi) is 4.24. The van der Waals surface area contributed by atoms with Gasteiger partial charge in [-0.05, 0) is 24.5 Å². The molecule has 1 aliphatic heterocycles. The smallest absolute Gasteiger partial charge is 0.244 e. The summed E-state index contributed by atoms with van der Waals surface area (Å²) in [5, 5.41) is 7.90. The van der Waals surface area contributed by atoms with Crippen molar-refractivity contribution in [3.8, 4) is 0 Å². The molecule has 2 rings (SSSR count). The summed E-state index contributed by atoms with van der Waals surface area (Å²) in [6.45, 7) is 3.92. The monoisotopic (exact) mass is 353 g/mol. The fourth-order valence-corrected chi connectivity index (χ4v) is 4.65. The van der Waals surface area contributed by atoms with Crippen LogP contribution in [0.2, 0.25) is 5.02 Å². The second kappa shape index (κ2) is 5.40. The predicted octanol–water partition coefficient (Wildman–Crippen LogP) is 1.06. The van der Waals surface area contributed by atoms with Crippen LogP contribution < -0.4 is 15.2 Å². The molecule has 10 heteroatoms. The number of halogens is 1. The van der Waals surface area contributed by atoms with E-state index in [1.165, 1.54) is 6.07 Å². The Balaban J connectivity index is 2.56. The van der Waals surface area contributed by atoms with Crippen LogP contribution in [0.5, 0.6) is 0 Å². The first-order valence-corrected chi connectivity index (χ1v) is 9.56. The zero-order valence-corrected chi connectivity index (χ0v) is 13.8. The maximum atomic E-state index is 12.2. The van der Waals surface area contributed by atoms with Crippen LogP contribution in [0.25, 0.3) is 0 Å². The van der Waals surface area contributed by atoms with Gasteiger partial charge in [-0.1, -0.05) is 25.4 Å². The average molecular weight is 354 g/mol. The zero-order chi connectivity index (χ0) is 16.0. The summed E-state index contributed by atoms with van der Waals surface area (Å²) in [6.07, 6.45) is 0.103. The van der Waals surface area contributed by atoms with Crippen LogP contribution in [0.15, 0.2) is 21.9 Å². The SMILES string of the molecule is CC(C)CC1Nc2cc(Cl)c(S(N)(=O)=O)cc2S(=O)(=O)N1. The minimum Gasteiger partial charge on any atom is -0.368 e. The Labute approximate surface area is 129 Å². The molecular formula is C11H16ClN3O4S2. The highest BCUT2D eigenvalue weighted by Gasteiger charge is 2.31. The topological polar surface area (TPSA) is 118 Å². The van der Waals surface area contributed by atoms with E-state index in [-0.39, 0.29) is 21.5 Å². The number of hydrogen-bond acceptors (Lipinski definition) is 5. The number of anilines is 1. The first kappa shape index (κ1) is 16.5. The third kappa shape index (κ3) is 3.49. The van der Waals surface area contributed by atoms with E-state index in [0.29, 0.717) is 6.42 Å². The van der Waals surface area contributed by atoms with Gasteiger partial charge in [-0.25, -0.2) is 22.0 Å². The van der Waals surface area contributed by atoms with Gasteiger partial charge in [-0.2, -0.15) is 4.72 Å². The van der Waals surface area contributed by atoms with Gasteiger partial charge in [0.2, 0.25) is 20.0 Å². The Bertz CT molecular complexity index is 775. The van der Waals surface area contributed by atoms with E-state index in [1.807, 2.05) is 13.8 Å². The van der Waals surface area contributed by atoms with Crippen molar-refractivity contribution in [2.45, 2.75) is 36.2 Å². The fourth-order valence-electron chi connectivity index (χ4n) is 2.13. The summed E-state index contributed by atoms with van der Waals surface area (Å²) >= 11 is 5.88. The van der Waals surface area contributed by atoms with Gasteiger partial charge >= 0.3 is 0 Å². The molecular weight excluding hydrogens is 338 g/mol. The van der Waals surface area contributed by atoms with Gasteiger partial charge in [-0.3, -0.25) is 0 Å². The predicted molar refractivity (Wildman–Crippen MR) is 80.0 cm³/mol. The second-order valence-electron chi connectivity index (χ2n) is 5.27. The first-order valence-electron chi connectivity index (χ1n) is 6.16. The molecule has 21 heavy (non-hydrogen) atoms. The van der Waals surface area contributed by atoms with Crippen LogP contribution in [-0.4, -0.2) is 23.0 Å². The highest BCUT2D eigenvalue weighted by molar-refractivity contribution is 7.90. The van der Waals surface area contributed by atoms with Crippen molar-refractivity contribution in [1.29, 1.82) is 0 Å². The lowest BCUT2D eigenvalue weighted by atomic mass is 10.1. The molecule has 0 saturated carbocycles. The van der Waals surface area contributed by atoms with Crippen LogP contribution in [0, 0.1) is 5.92 Å². The molecule has 1 heterocycles. The highest BCUT2D eigenvalue weighted by Crippen LogP contribution is 2.34. The molecule has 0 fully saturated rings. The van der Waals surface area contributed by atoms with Gasteiger partial charge in [0, 0.05) is 0 Å². The van der Waals surface area contributed by atoms with E-state index >= 15 is 0 Å². The molecule has 0 saturated heterocycles. The van der Waals surface area contributed by atoms with Crippen LogP contribution in [0.4, 0.5) is 5.69 Å². The Morgan fingerprint density at radius 1 is 1.38 bits per heavy atom. The van der Waals surface area contributed by atoms with Gasteiger partial charge in [0.25, 0.3) is 0 Å². The lowest BCUT2D eigenvalue weighted by molar-refractivity contribution is 0.483. The number of sulfonamides is 2. The van der Waals surface area contributed by atoms with E-state index in [2.05, 4.69) is 10.0 Å². The van der Waals surface area contributed by atoms with E-state index < -0.39 is 31.1 Å². The highest BCUT2D eigenvalue weighted by atomic mass is 35.5. The molecule has 1 unspecified atom stereocenters. The summed E-state index contributed by atoms with van der Waals surface area (Å²) in [5.41, 5.74) is 0.261. The maximum Gasteiger partial charge on any atom is 0.244 e. The number of nitrogens with two attached hydrogens (primary N) is 1. The van der Waals surface area contributed by atoms with E-state index in [4.69, 9.17) is 16.7 Å². The largest absolute Gasteiger partial charge is 0.368 e. The molecule has 1 aromatic rings. The number of hydrogen-bond donors (Lipinski definition) is 3. The maximum absolute atomic E-state index is 12.2. The molecule has 4 N–H and O–H groups in total. The van der Waals surface area contributed by atoms with Crippen LogP contribution in [0.3, 0.4) is 0 Å². The molecule has 1 aliphatic rings. The molecule has 1 aromatic carbocycles.